The predicted molar refractivity (Wildman–Crippen MR) is 120 cm³/mol. The molecule has 2 N–H and O–H groups in total. The molecule has 2 aromatic carbocycles. The molecule has 1 aliphatic heterocycles. The molecule has 33 heavy (non-hydrogen) atoms. The summed E-state index contributed by atoms with van der Waals surface area (Å²) in [7, 11) is 3.14. The van der Waals surface area contributed by atoms with Crippen molar-refractivity contribution in [2.24, 2.45) is 0 Å². The molecule has 0 aromatic heterocycles. The van der Waals surface area contributed by atoms with Gasteiger partial charge in [0.1, 0.15) is 11.5 Å². The molecule has 0 amide bonds. The van der Waals surface area contributed by atoms with Crippen molar-refractivity contribution in [2.75, 3.05) is 27.4 Å². The van der Waals surface area contributed by atoms with E-state index in [2.05, 4.69) is 0 Å². The van der Waals surface area contributed by atoms with E-state index in [4.69, 9.17) is 21.1 Å². The molecule has 0 radical (unpaired) electrons. The second-order valence-electron chi connectivity index (χ2n) is 7.60. The van der Waals surface area contributed by atoms with Crippen LogP contribution in [0.3, 0.4) is 0 Å². The van der Waals surface area contributed by atoms with E-state index in [1.807, 2.05) is 23.1 Å². The molecule has 0 saturated heterocycles. The van der Waals surface area contributed by atoms with Gasteiger partial charge in [0.2, 0.25) is 0 Å². The number of alkyl halides is 3. The molecular formula is C24H25ClF3NO4. The third-order valence-electron chi connectivity index (χ3n) is 5.41. The van der Waals surface area contributed by atoms with Crippen LogP contribution >= 0.6 is 11.6 Å². The molecule has 5 nitrogen and oxygen atoms in total. The summed E-state index contributed by atoms with van der Waals surface area (Å²) in [5.74, 6) is 1.32. The van der Waals surface area contributed by atoms with Crippen molar-refractivity contribution in [2.45, 2.75) is 25.2 Å². The molecule has 1 heterocycles. The Hall–Kier alpha value is -2.68. The fourth-order valence-corrected chi connectivity index (χ4v) is 3.88. The second-order valence-corrected chi connectivity index (χ2v) is 8.04. The standard InChI is InChI=1S/C24H25ClF3NO4/c1-32-19-6-4-16(22(11-19)33-2)12-29-8-7-20(17(13-29)14-30)21-10-18(25)5-3-15(21)9-23(31)24(26,27)28/h3-7,10-11,13,23,30-31H,8-9,12,14H2,1-2H3. The van der Waals surface area contributed by atoms with E-state index in [0.29, 0.717) is 51.9 Å². The van der Waals surface area contributed by atoms with E-state index in [-0.39, 0.29) is 6.61 Å². The first-order valence-electron chi connectivity index (χ1n) is 10.2. The highest BCUT2D eigenvalue weighted by Gasteiger charge is 2.38. The maximum Gasteiger partial charge on any atom is 0.414 e. The number of benzene rings is 2. The van der Waals surface area contributed by atoms with Crippen LogP contribution in [0.1, 0.15) is 16.7 Å². The topological polar surface area (TPSA) is 62.2 Å². The summed E-state index contributed by atoms with van der Waals surface area (Å²) in [5, 5.41) is 19.9. The van der Waals surface area contributed by atoms with Crippen molar-refractivity contribution in [3.05, 3.63) is 76.0 Å². The van der Waals surface area contributed by atoms with Gasteiger partial charge in [-0.3, -0.25) is 0 Å². The Labute approximate surface area is 195 Å². The zero-order valence-corrected chi connectivity index (χ0v) is 19.0. The third-order valence-corrected chi connectivity index (χ3v) is 5.64. The van der Waals surface area contributed by atoms with Gasteiger partial charge in [0.05, 0.1) is 20.8 Å². The zero-order valence-electron chi connectivity index (χ0n) is 18.2. The van der Waals surface area contributed by atoms with Gasteiger partial charge < -0.3 is 24.6 Å². The van der Waals surface area contributed by atoms with Crippen molar-refractivity contribution in [1.29, 1.82) is 0 Å². The van der Waals surface area contributed by atoms with Gasteiger partial charge in [-0.1, -0.05) is 23.7 Å². The van der Waals surface area contributed by atoms with E-state index in [1.165, 1.54) is 12.1 Å². The van der Waals surface area contributed by atoms with E-state index in [0.717, 1.165) is 5.56 Å². The fraction of sp³-hybridized carbons (Fsp3) is 0.333. The zero-order chi connectivity index (χ0) is 24.2. The van der Waals surface area contributed by atoms with Gasteiger partial charge in [-0.25, -0.2) is 0 Å². The number of ether oxygens (including phenoxy) is 2. The molecule has 0 bridgehead atoms. The maximum absolute atomic E-state index is 12.9. The maximum atomic E-state index is 12.9. The minimum absolute atomic E-state index is 0.292. The quantitative estimate of drug-likeness (QED) is 0.574. The highest BCUT2D eigenvalue weighted by atomic mass is 35.5. The van der Waals surface area contributed by atoms with Gasteiger partial charge >= 0.3 is 6.18 Å². The SMILES string of the molecule is COc1ccc(CN2C=C(CO)C(c3cc(Cl)ccc3CC(O)C(F)(F)F)=CC2)c(OC)c1. The Morgan fingerprint density at radius 2 is 1.82 bits per heavy atom. The number of nitrogens with zero attached hydrogens (tertiary/aromatic N) is 1. The van der Waals surface area contributed by atoms with Gasteiger partial charge in [-0.15, -0.1) is 0 Å². The largest absolute Gasteiger partial charge is 0.497 e. The predicted octanol–water partition coefficient (Wildman–Crippen LogP) is 4.60. The van der Waals surface area contributed by atoms with Crippen LogP contribution in [-0.4, -0.2) is 54.8 Å². The molecule has 178 valence electrons. The van der Waals surface area contributed by atoms with Crippen LogP contribution in [0.25, 0.3) is 5.57 Å². The van der Waals surface area contributed by atoms with Crippen molar-refractivity contribution >= 4 is 17.2 Å². The fourth-order valence-electron chi connectivity index (χ4n) is 3.70. The highest BCUT2D eigenvalue weighted by Crippen LogP contribution is 2.34. The average Bonchev–Trinajstić information content (AvgIpc) is 2.79. The molecule has 1 aliphatic rings. The third kappa shape index (κ3) is 6.01. The normalized spacial score (nSPS) is 15.1. The van der Waals surface area contributed by atoms with Gasteiger partial charge in [-0.05, 0) is 41.0 Å². The molecule has 1 unspecified atom stereocenters. The lowest BCUT2D eigenvalue weighted by Crippen LogP contribution is -2.31. The molecule has 3 rings (SSSR count). The molecule has 2 aromatic rings. The monoisotopic (exact) mass is 483 g/mol. The summed E-state index contributed by atoms with van der Waals surface area (Å²) < 4.78 is 49.5. The minimum atomic E-state index is -4.73. The summed E-state index contributed by atoms with van der Waals surface area (Å²) in [6.45, 7) is 0.604. The van der Waals surface area contributed by atoms with Crippen LogP contribution in [0, 0.1) is 0 Å². The summed E-state index contributed by atoms with van der Waals surface area (Å²) in [6.07, 6.45) is -4.25. The van der Waals surface area contributed by atoms with Crippen molar-refractivity contribution in [3.8, 4) is 11.5 Å². The molecule has 1 atom stereocenters. The summed E-state index contributed by atoms with van der Waals surface area (Å²) in [5.41, 5.74) is 2.76. The van der Waals surface area contributed by atoms with Crippen LogP contribution < -0.4 is 9.47 Å². The van der Waals surface area contributed by atoms with E-state index >= 15 is 0 Å². The smallest absolute Gasteiger partial charge is 0.414 e. The highest BCUT2D eigenvalue weighted by molar-refractivity contribution is 6.30. The van der Waals surface area contributed by atoms with E-state index in [1.54, 1.807) is 32.6 Å². The summed E-state index contributed by atoms with van der Waals surface area (Å²) in [4.78, 5) is 1.95. The van der Waals surface area contributed by atoms with Crippen LogP contribution in [0.5, 0.6) is 11.5 Å². The van der Waals surface area contributed by atoms with Crippen LogP contribution in [0.15, 0.2) is 54.2 Å². The summed E-state index contributed by atoms with van der Waals surface area (Å²) >= 11 is 6.12. The van der Waals surface area contributed by atoms with Gasteiger partial charge in [0.25, 0.3) is 0 Å². The Morgan fingerprint density at radius 3 is 2.45 bits per heavy atom. The van der Waals surface area contributed by atoms with Crippen LogP contribution in [-0.2, 0) is 13.0 Å². The number of hydrogen-bond acceptors (Lipinski definition) is 5. The Bertz CT molecular complexity index is 1050. The molecule has 0 fully saturated rings. The van der Waals surface area contributed by atoms with Gasteiger partial charge in [0, 0.05) is 47.9 Å². The number of methoxy groups -OCH3 is 2. The molecule has 0 spiro atoms. The minimum Gasteiger partial charge on any atom is -0.497 e. The molecule has 0 saturated carbocycles. The van der Waals surface area contributed by atoms with E-state index < -0.39 is 18.7 Å². The van der Waals surface area contributed by atoms with Crippen LogP contribution in [0.2, 0.25) is 5.02 Å². The molecule has 0 aliphatic carbocycles. The number of hydrogen-bond donors (Lipinski definition) is 2. The lowest BCUT2D eigenvalue weighted by Gasteiger charge is -2.28. The average molecular weight is 484 g/mol. The van der Waals surface area contributed by atoms with Crippen LogP contribution in [0.4, 0.5) is 13.2 Å². The molecular weight excluding hydrogens is 459 g/mol. The first-order valence-corrected chi connectivity index (χ1v) is 10.5. The number of rotatable bonds is 8. The lowest BCUT2D eigenvalue weighted by atomic mass is 9.90. The van der Waals surface area contributed by atoms with Crippen molar-refractivity contribution in [1.82, 2.24) is 4.90 Å². The number of aliphatic hydroxyl groups excluding tert-OH is 2. The number of halogens is 4. The Balaban J connectivity index is 1.88. The summed E-state index contributed by atoms with van der Waals surface area (Å²) in [6, 6.07) is 9.99. The number of aliphatic hydroxyl groups is 2. The first kappa shape index (κ1) is 25.0. The van der Waals surface area contributed by atoms with Crippen molar-refractivity contribution < 1.29 is 32.9 Å². The first-order chi connectivity index (χ1) is 15.7. The van der Waals surface area contributed by atoms with Crippen molar-refractivity contribution in [3.63, 3.8) is 0 Å². The Kier molecular flexibility index (Phi) is 7.94. The Morgan fingerprint density at radius 1 is 1.09 bits per heavy atom. The second kappa shape index (κ2) is 10.5. The van der Waals surface area contributed by atoms with Gasteiger partial charge in [0.15, 0.2) is 6.10 Å². The molecule has 9 heteroatoms. The van der Waals surface area contributed by atoms with Gasteiger partial charge in [-0.2, -0.15) is 13.2 Å². The lowest BCUT2D eigenvalue weighted by molar-refractivity contribution is -0.203. The van der Waals surface area contributed by atoms with E-state index in [9.17, 15) is 23.4 Å².